The topological polar surface area (TPSA) is 86.3 Å². The van der Waals surface area contributed by atoms with Crippen LogP contribution < -0.4 is 10.1 Å². The van der Waals surface area contributed by atoms with Crippen LogP contribution in [0.25, 0.3) is 16.8 Å². The van der Waals surface area contributed by atoms with Gasteiger partial charge in [0.15, 0.2) is 0 Å². The summed E-state index contributed by atoms with van der Waals surface area (Å²) in [6, 6.07) is 9.36. The second kappa shape index (κ2) is 9.65. The van der Waals surface area contributed by atoms with Gasteiger partial charge < -0.3 is 10.1 Å². The summed E-state index contributed by atoms with van der Waals surface area (Å²) in [6.45, 7) is 10.7. The first-order valence-corrected chi connectivity index (χ1v) is 12.8. The van der Waals surface area contributed by atoms with Crippen LogP contribution in [0.3, 0.4) is 0 Å². The molecule has 0 aromatic carbocycles. The SMILES string of the molecule is C/C=S(/c1cc2c(-c3cc(C(=O)N[C@H](C)c4ccccn4)n(C)n3)cnn2cc1OC)C(C)(C)C. The number of rotatable bonds is 6. The maximum Gasteiger partial charge on any atom is 0.270 e. The van der Waals surface area contributed by atoms with E-state index in [2.05, 4.69) is 59.6 Å². The number of nitrogens with zero attached hydrogens (tertiary/aromatic N) is 5. The number of ether oxygens (including phenoxy) is 1. The number of fused-ring (bicyclic) bond motifs is 1. The molecule has 0 saturated carbocycles. The standard InChI is InChI=1S/C26H32N6O2S/c1-8-35(26(3,4)5)24-14-21-18(15-28-32(21)16-23(24)34-7)20-13-22(31(6)30-20)25(33)29-17(2)19-11-9-10-12-27-19/h8-17H,1-7H3,(H,29,33)/t17-,35?/m1/s1. The number of pyridine rings is 2. The van der Waals surface area contributed by atoms with Gasteiger partial charge in [0.2, 0.25) is 0 Å². The van der Waals surface area contributed by atoms with Crippen LogP contribution in [0.5, 0.6) is 5.75 Å². The fourth-order valence-corrected chi connectivity index (χ4v) is 6.32. The number of nitrogens with one attached hydrogen (secondary N) is 1. The van der Waals surface area contributed by atoms with Gasteiger partial charge in [-0.3, -0.25) is 14.5 Å². The Hall–Kier alpha value is -3.46. The molecule has 4 rings (SSSR count). The highest BCUT2D eigenvalue weighted by molar-refractivity contribution is 8.16. The molecule has 0 radical (unpaired) electrons. The molecular weight excluding hydrogens is 460 g/mol. The molecule has 0 fully saturated rings. The predicted octanol–water partition coefficient (Wildman–Crippen LogP) is 4.88. The first-order valence-electron chi connectivity index (χ1n) is 11.5. The molecule has 9 heteroatoms. The summed E-state index contributed by atoms with van der Waals surface area (Å²) in [5, 5.41) is 14.4. The van der Waals surface area contributed by atoms with E-state index in [1.54, 1.807) is 41.8 Å². The third-order valence-corrected chi connectivity index (χ3v) is 8.39. The number of hydrogen-bond donors (Lipinski definition) is 1. The van der Waals surface area contributed by atoms with Crippen molar-refractivity contribution < 1.29 is 9.53 Å². The lowest BCUT2D eigenvalue weighted by Gasteiger charge is -2.26. The maximum absolute atomic E-state index is 13.0. The Morgan fingerprint density at radius 1 is 1.26 bits per heavy atom. The Labute approximate surface area is 208 Å². The van der Waals surface area contributed by atoms with E-state index in [1.807, 2.05) is 31.3 Å². The first kappa shape index (κ1) is 24.7. The molecule has 4 heterocycles. The average Bonchev–Trinajstić information content (AvgIpc) is 3.41. The van der Waals surface area contributed by atoms with Gasteiger partial charge in [0.1, 0.15) is 11.4 Å². The van der Waals surface area contributed by atoms with E-state index in [9.17, 15) is 4.79 Å². The molecule has 1 amide bonds. The Balaban J connectivity index is 1.72. The zero-order valence-corrected chi connectivity index (χ0v) is 22.1. The summed E-state index contributed by atoms with van der Waals surface area (Å²) in [5.41, 5.74) is 3.72. The lowest BCUT2D eigenvalue weighted by atomic mass is 10.1. The lowest BCUT2D eigenvalue weighted by Crippen LogP contribution is -2.28. The van der Waals surface area contributed by atoms with Gasteiger partial charge in [-0.2, -0.15) is 10.2 Å². The Bertz CT molecular complexity index is 1400. The average molecular weight is 493 g/mol. The highest BCUT2D eigenvalue weighted by Crippen LogP contribution is 2.45. The molecule has 0 bridgehead atoms. The molecule has 0 saturated heterocycles. The van der Waals surface area contributed by atoms with Crippen LogP contribution in [0, 0.1) is 0 Å². The number of hydrogen-bond acceptors (Lipinski definition) is 5. The van der Waals surface area contributed by atoms with Gasteiger partial charge in [0, 0.05) is 28.5 Å². The molecule has 4 aromatic heterocycles. The molecule has 0 aliphatic carbocycles. The highest BCUT2D eigenvalue weighted by Gasteiger charge is 2.23. The minimum Gasteiger partial charge on any atom is -0.494 e. The Morgan fingerprint density at radius 2 is 2.03 bits per heavy atom. The molecule has 1 unspecified atom stereocenters. The zero-order chi connectivity index (χ0) is 25.3. The second-order valence-electron chi connectivity index (χ2n) is 9.27. The molecule has 8 nitrogen and oxygen atoms in total. The number of carbonyl (C=O) groups is 1. The summed E-state index contributed by atoms with van der Waals surface area (Å²) < 4.78 is 9.17. The fourth-order valence-electron chi connectivity index (χ4n) is 4.11. The minimum absolute atomic E-state index is 0.0428. The van der Waals surface area contributed by atoms with Crippen molar-refractivity contribution >= 4 is 27.3 Å². The van der Waals surface area contributed by atoms with Crippen molar-refractivity contribution in [3.63, 3.8) is 0 Å². The van der Waals surface area contributed by atoms with E-state index in [0.717, 1.165) is 27.4 Å². The summed E-state index contributed by atoms with van der Waals surface area (Å²) in [6.07, 6.45) is 5.41. The monoisotopic (exact) mass is 492 g/mol. The van der Waals surface area contributed by atoms with Crippen molar-refractivity contribution in [2.24, 2.45) is 7.05 Å². The third kappa shape index (κ3) is 4.86. The number of aromatic nitrogens is 5. The van der Waals surface area contributed by atoms with Gasteiger partial charge in [-0.05, 0) is 38.1 Å². The number of carbonyl (C=O) groups excluding carboxylic acids is 1. The molecule has 1 N–H and O–H groups in total. The van der Waals surface area contributed by atoms with E-state index < -0.39 is 0 Å². The smallest absolute Gasteiger partial charge is 0.270 e. The largest absolute Gasteiger partial charge is 0.494 e. The van der Waals surface area contributed by atoms with Crippen LogP contribution in [0.4, 0.5) is 0 Å². The molecule has 0 aliphatic rings. The van der Waals surface area contributed by atoms with Crippen LogP contribution >= 0.6 is 10.5 Å². The van der Waals surface area contributed by atoms with Crippen molar-refractivity contribution in [3.8, 4) is 17.0 Å². The van der Waals surface area contributed by atoms with Crippen LogP contribution in [-0.2, 0) is 7.05 Å². The van der Waals surface area contributed by atoms with E-state index in [0.29, 0.717) is 11.4 Å². The number of aryl methyl sites for hydroxylation is 1. The van der Waals surface area contributed by atoms with Crippen molar-refractivity contribution in [1.82, 2.24) is 29.7 Å². The van der Waals surface area contributed by atoms with Crippen molar-refractivity contribution in [3.05, 3.63) is 60.3 Å². The van der Waals surface area contributed by atoms with Gasteiger partial charge >= 0.3 is 0 Å². The first-order chi connectivity index (χ1) is 16.6. The lowest BCUT2D eigenvalue weighted by molar-refractivity contribution is 0.0929. The predicted molar refractivity (Wildman–Crippen MR) is 141 cm³/mol. The maximum atomic E-state index is 13.0. The van der Waals surface area contributed by atoms with Gasteiger partial charge in [0.05, 0.1) is 42.4 Å². The van der Waals surface area contributed by atoms with E-state index in [-0.39, 0.29) is 27.2 Å². The van der Waals surface area contributed by atoms with Crippen LogP contribution in [0.1, 0.15) is 56.8 Å². The number of amides is 1. The van der Waals surface area contributed by atoms with Crippen LogP contribution in [-0.4, -0.2) is 47.5 Å². The van der Waals surface area contributed by atoms with E-state index >= 15 is 0 Å². The molecule has 4 aromatic rings. The van der Waals surface area contributed by atoms with Crippen molar-refractivity contribution in [2.75, 3.05) is 7.11 Å². The molecule has 35 heavy (non-hydrogen) atoms. The zero-order valence-electron chi connectivity index (χ0n) is 21.2. The summed E-state index contributed by atoms with van der Waals surface area (Å²) in [4.78, 5) is 18.5. The van der Waals surface area contributed by atoms with Crippen LogP contribution in [0.15, 0.2) is 53.8 Å². The van der Waals surface area contributed by atoms with Gasteiger partial charge in [0.25, 0.3) is 5.91 Å². The normalized spacial score (nSPS) is 13.7. The third-order valence-electron chi connectivity index (χ3n) is 5.80. The molecular formula is C26H32N6O2S. The minimum atomic E-state index is -0.227. The summed E-state index contributed by atoms with van der Waals surface area (Å²) in [7, 11) is 3.31. The molecule has 0 aliphatic heterocycles. The fraction of sp³-hybridized carbons (Fsp3) is 0.346. The Kier molecular flexibility index (Phi) is 6.80. The van der Waals surface area contributed by atoms with Crippen LogP contribution in [0.2, 0.25) is 0 Å². The quantitative estimate of drug-likeness (QED) is 0.388. The highest BCUT2D eigenvalue weighted by atomic mass is 32.2. The summed E-state index contributed by atoms with van der Waals surface area (Å²) >= 11 is 0. The molecule has 0 spiro atoms. The second-order valence-corrected chi connectivity index (χ2v) is 12.1. The molecule has 2 atom stereocenters. The molecule has 184 valence electrons. The van der Waals surface area contributed by atoms with Gasteiger partial charge in [-0.25, -0.2) is 4.52 Å². The summed E-state index contributed by atoms with van der Waals surface area (Å²) in [5.74, 6) is 0.589. The van der Waals surface area contributed by atoms with Gasteiger partial charge in [-0.1, -0.05) is 32.2 Å². The van der Waals surface area contributed by atoms with E-state index in [4.69, 9.17) is 4.74 Å². The van der Waals surface area contributed by atoms with Crippen molar-refractivity contribution in [1.29, 1.82) is 0 Å². The Morgan fingerprint density at radius 3 is 2.66 bits per heavy atom. The number of methoxy groups -OCH3 is 1. The van der Waals surface area contributed by atoms with E-state index in [1.165, 1.54) is 0 Å². The van der Waals surface area contributed by atoms with Gasteiger partial charge in [-0.15, -0.1) is 10.5 Å². The van der Waals surface area contributed by atoms with Crippen molar-refractivity contribution in [2.45, 2.75) is 50.3 Å².